The Morgan fingerprint density at radius 1 is 0.360 bits per heavy atom. The van der Waals surface area contributed by atoms with E-state index < -0.39 is 0 Å². The molecule has 366 valence electrons. The third kappa shape index (κ3) is 10.8. The number of carbonyl (C=O) groups is 3. The molecule has 0 saturated heterocycles. The number of tetrazole rings is 3. The summed E-state index contributed by atoms with van der Waals surface area (Å²) in [5, 5.41) is 37.5. The highest BCUT2D eigenvalue weighted by Gasteiger charge is 2.25. The molecule has 0 radical (unpaired) electrons. The van der Waals surface area contributed by atoms with Crippen LogP contribution in [0.4, 0.5) is 0 Å². The van der Waals surface area contributed by atoms with E-state index in [-0.39, 0.29) is 52.3 Å². The minimum atomic E-state index is -0.220. The van der Waals surface area contributed by atoms with Crippen molar-refractivity contribution >= 4 is 35.6 Å². The van der Waals surface area contributed by atoms with Crippen LogP contribution in [0, 0.1) is 0 Å². The summed E-state index contributed by atoms with van der Waals surface area (Å²) in [6, 6.07) is 42.0. The monoisotopic (exact) mass is 993 g/mol. The number of allylic oxidation sites excluding steroid dienone is 3. The van der Waals surface area contributed by atoms with Gasteiger partial charge in [0.1, 0.15) is 17.2 Å². The Hall–Kier alpha value is -10.8. The quantitative estimate of drug-likeness (QED) is 0.0595. The second-order valence-electron chi connectivity index (χ2n) is 16.1. The van der Waals surface area contributed by atoms with E-state index in [9.17, 15) is 14.4 Å². The summed E-state index contributed by atoms with van der Waals surface area (Å²) in [7, 11) is 4.77. The van der Waals surface area contributed by atoms with E-state index in [1.54, 1.807) is 112 Å². The highest BCUT2D eigenvalue weighted by molar-refractivity contribution is 6.08. The first kappa shape index (κ1) is 47.8. The van der Waals surface area contributed by atoms with Crippen molar-refractivity contribution in [2.24, 2.45) is 0 Å². The maximum atomic E-state index is 13.2. The molecule has 21 heteroatoms. The molecule has 0 N–H and O–H groups in total. The largest absolute Gasteiger partial charge is 0.497 e. The molecule has 0 bridgehead atoms. The van der Waals surface area contributed by atoms with Crippen LogP contribution in [-0.2, 0) is 0 Å². The normalized spacial score (nSPS) is 11.4. The molecule has 6 aromatic carbocycles. The first-order valence-electron chi connectivity index (χ1n) is 22.8. The molecule has 0 unspecified atom stereocenters. The maximum Gasteiger partial charge on any atom is 0.224 e. The first-order chi connectivity index (χ1) is 36.7. The Bertz CT molecular complexity index is 3350. The number of rotatable bonds is 18. The van der Waals surface area contributed by atoms with E-state index in [4.69, 9.17) is 29.2 Å². The molecule has 75 heavy (non-hydrogen) atoms. The number of hydrogen-bond donors (Lipinski definition) is 0. The zero-order valence-electron chi connectivity index (χ0n) is 40.0. The summed E-state index contributed by atoms with van der Waals surface area (Å²) in [5.41, 5.74) is 5.19. The van der Waals surface area contributed by atoms with Gasteiger partial charge in [-0.15, -0.1) is 15.3 Å². The average Bonchev–Trinajstić information content (AvgIpc) is 4.29. The Morgan fingerprint density at radius 3 is 0.853 bits per heavy atom. The minimum absolute atomic E-state index is 0.0270. The van der Waals surface area contributed by atoms with E-state index in [2.05, 4.69) is 46.6 Å². The molecule has 21 nitrogen and oxygen atoms in total. The second kappa shape index (κ2) is 21.7. The summed E-state index contributed by atoms with van der Waals surface area (Å²) in [6.07, 6.45) is 9.62. The third-order valence-electron chi connectivity index (χ3n) is 11.5. The van der Waals surface area contributed by atoms with Crippen LogP contribution < -0.4 is 14.2 Å². The number of carbonyl (C=O) groups excluding carboxylic acids is 3. The van der Waals surface area contributed by atoms with Gasteiger partial charge in [0.25, 0.3) is 0 Å². The molecular formula is C54H39N15O6. The van der Waals surface area contributed by atoms with Gasteiger partial charge < -0.3 is 14.2 Å². The van der Waals surface area contributed by atoms with Crippen molar-refractivity contribution in [2.75, 3.05) is 21.3 Å². The van der Waals surface area contributed by atoms with Gasteiger partial charge in [-0.3, -0.25) is 14.4 Å². The standard InChI is InChI=1S/C54H39N15O6/c1-73-43-25-4-34(5-26-43)10-31-46(70)37-13-19-40(20-14-37)67-52(58-61-64-67)49-55-50(53-59-62-65-68(53)41-21-15-38(16-22-41)47(71)32-11-35-6-27-44(74-2)28-7-35)57-51(56-49)54-60-63-66-69(54)42-23-17-39(18-24-42)48(72)33-12-36-8-29-45(75-3)30-9-36/h4-33H,1-3H3/b31-10+,32-11+,33-12+. The Labute approximate surface area is 426 Å². The van der Waals surface area contributed by atoms with Crippen LogP contribution in [0.5, 0.6) is 17.2 Å². The van der Waals surface area contributed by atoms with Crippen molar-refractivity contribution in [1.29, 1.82) is 0 Å². The molecule has 4 heterocycles. The fourth-order valence-electron chi connectivity index (χ4n) is 7.43. The number of benzene rings is 6. The van der Waals surface area contributed by atoms with E-state index >= 15 is 0 Å². The Morgan fingerprint density at radius 2 is 0.613 bits per heavy atom. The van der Waals surface area contributed by atoms with Gasteiger partial charge in [0.15, 0.2) is 17.3 Å². The van der Waals surface area contributed by atoms with Crippen molar-refractivity contribution in [3.8, 4) is 69.3 Å². The van der Waals surface area contributed by atoms with E-state index in [1.807, 2.05) is 72.8 Å². The number of aromatic nitrogens is 15. The van der Waals surface area contributed by atoms with Crippen LogP contribution >= 0.6 is 0 Å². The number of nitrogens with zero attached hydrogens (tertiary/aromatic N) is 15. The van der Waals surface area contributed by atoms with Gasteiger partial charge in [0.05, 0.1) is 38.4 Å². The van der Waals surface area contributed by atoms with Crippen molar-refractivity contribution in [1.82, 2.24) is 75.6 Å². The zero-order chi connectivity index (χ0) is 51.7. The van der Waals surface area contributed by atoms with Crippen LogP contribution in [0.1, 0.15) is 47.8 Å². The number of ether oxygens (including phenoxy) is 3. The lowest BCUT2D eigenvalue weighted by Crippen LogP contribution is -2.10. The molecule has 0 spiro atoms. The smallest absolute Gasteiger partial charge is 0.224 e. The van der Waals surface area contributed by atoms with Crippen molar-refractivity contribution in [3.05, 3.63) is 197 Å². The predicted octanol–water partition coefficient (Wildman–Crippen LogP) is 7.51. The van der Waals surface area contributed by atoms with E-state index in [1.165, 1.54) is 32.3 Å². The zero-order valence-corrected chi connectivity index (χ0v) is 40.0. The van der Waals surface area contributed by atoms with Crippen LogP contribution in [0.3, 0.4) is 0 Å². The molecular weight excluding hydrogens is 955 g/mol. The lowest BCUT2D eigenvalue weighted by atomic mass is 10.1. The Kier molecular flexibility index (Phi) is 13.8. The van der Waals surface area contributed by atoms with Gasteiger partial charge in [-0.05, 0) is 175 Å². The molecule has 0 aliphatic heterocycles. The van der Waals surface area contributed by atoms with E-state index in [0.29, 0.717) is 51.0 Å². The summed E-state index contributed by atoms with van der Waals surface area (Å²) in [6.45, 7) is 0. The second-order valence-corrected chi connectivity index (χ2v) is 16.1. The van der Waals surface area contributed by atoms with Crippen molar-refractivity contribution in [2.45, 2.75) is 0 Å². The number of hydrogen-bond acceptors (Lipinski definition) is 18. The van der Waals surface area contributed by atoms with Gasteiger partial charge in [0.2, 0.25) is 34.9 Å². The number of ketones is 3. The summed E-state index contributed by atoms with van der Waals surface area (Å²) in [4.78, 5) is 54.0. The fraction of sp³-hybridized carbons (Fsp3) is 0.0556. The van der Waals surface area contributed by atoms with Gasteiger partial charge in [-0.1, -0.05) is 54.6 Å². The highest BCUT2D eigenvalue weighted by Crippen LogP contribution is 2.26. The van der Waals surface area contributed by atoms with Crippen LogP contribution in [0.25, 0.3) is 70.2 Å². The Balaban J connectivity index is 0.971. The highest BCUT2D eigenvalue weighted by atomic mass is 16.5. The molecule has 0 aliphatic rings. The van der Waals surface area contributed by atoms with Crippen LogP contribution in [-0.4, -0.2) is 114 Å². The predicted molar refractivity (Wildman–Crippen MR) is 273 cm³/mol. The molecule has 0 fully saturated rings. The maximum absolute atomic E-state index is 13.2. The molecule has 0 amide bonds. The molecule has 0 saturated carbocycles. The summed E-state index contributed by atoms with van der Waals surface area (Å²) in [5.74, 6) is 1.61. The topological polar surface area (TPSA) is 248 Å². The molecule has 0 aliphatic carbocycles. The molecule has 4 aromatic heterocycles. The van der Waals surface area contributed by atoms with Gasteiger partial charge >= 0.3 is 0 Å². The van der Waals surface area contributed by atoms with Gasteiger partial charge in [0, 0.05) is 16.7 Å². The fourth-order valence-corrected chi connectivity index (χ4v) is 7.43. The summed E-state index contributed by atoms with van der Waals surface area (Å²) < 4.78 is 19.9. The first-order valence-corrected chi connectivity index (χ1v) is 22.8. The third-order valence-corrected chi connectivity index (χ3v) is 11.5. The minimum Gasteiger partial charge on any atom is -0.497 e. The SMILES string of the molecule is COc1ccc(/C=C/C(=O)c2ccc(-n3nnnc3-c3nc(-c4nnnn4-c4ccc(C(=O)/C=C/c5ccc(OC)cc5)cc4)nc(-c4nnnn4-c4ccc(C(=O)/C=C/c5ccc(OC)cc5)cc4)n3)cc2)cc1. The molecule has 10 aromatic rings. The van der Waals surface area contributed by atoms with Crippen molar-refractivity contribution < 1.29 is 28.6 Å². The van der Waals surface area contributed by atoms with Gasteiger partial charge in [-0.25, -0.2) is 15.0 Å². The lowest BCUT2D eigenvalue weighted by molar-refractivity contribution is 0.103. The van der Waals surface area contributed by atoms with Gasteiger partial charge in [-0.2, -0.15) is 14.0 Å². The summed E-state index contributed by atoms with van der Waals surface area (Å²) >= 11 is 0. The average molecular weight is 994 g/mol. The van der Waals surface area contributed by atoms with Crippen molar-refractivity contribution in [3.63, 3.8) is 0 Å². The lowest BCUT2D eigenvalue weighted by Gasteiger charge is -2.09. The van der Waals surface area contributed by atoms with Crippen LogP contribution in [0.15, 0.2) is 164 Å². The van der Waals surface area contributed by atoms with E-state index in [0.717, 1.165) is 16.7 Å². The molecule has 10 rings (SSSR count). The number of methoxy groups -OCH3 is 3. The molecule has 0 atom stereocenters. The van der Waals surface area contributed by atoms with Crippen LogP contribution in [0.2, 0.25) is 0 Å².